The molecule has 16 heavy (non-hydrogen) atoms. The highest BCUT2D eigenvalue weighted by Crippen LogP contribution is 1.75. The maximum absolute atomic E-state index is 10.8. The van der Waals surface area contributed by atoms with Gasteiger partial charge in [-0.05, 0) is 22.2 Å². The number of nitrogens with one attached hydrogen (secondary N) is 2. The molecule has 0 aliphatic carbocycles. The molecular weight excluding hydrogens is 260 g/mol. The molecule has 0 aliphatic rings. The van der Waals surface area contributed by atoms with Gasteiger partial charge in [0.2, 0.25) is 11.8 Å². The maximum Gasteiger partial charge on any atom is 0.231 e. The van der Waals surface area contributed by atoms with E-state index in [0.717, 1.165) is 0 Å². The van der Waals surface area contributed by atoms with Crippen LogP contribution < -0.4 is 10.6 Å². The quantitative estimate of drug-likeness (QED) is 0.373. The molecule has 0 aromatic heterocycles. The normalized spacial score (nSPS) is 13.9. The van der Waals surface area contributed by atoms with E-state index in [-0.39, 0.29) is 13.1 Å². The second kappa shape index (κ2) is 8.33. The summed E-state index contributed by atoms with van der Waals surface area (Å²) in [7, 11) is 0. The Kier molecular flexibility index (Phi) is 7.89. The molecule has 0 aliphatic heterocycles. The van der Waals surface area contributed by atoms with Crippen molar-refractivity contribution in [3.05, 3.63) is 0 Å². The molecule has 2 N–H and O–H groups in total. The average Bonchev–Trinajstić information content (AvgIpc) is 2.10. The van der Waals surface area contributed by atoms with Gasteiger partial charge in [0.15, 0.2) is 0 Å². The molecule has 0 aromatic carbocycles. The number of carbonyl (C=O) groups excluding carboxylic acids is 2. The smallest absolute Gasteiger partial charge is 0.231 e. The summed E-state index contributed by atoms with van der Waals surface area (Å²) in [6.45, 7) is 0.0700. The van der Waals surface area contributed by atoms with Gasteiger partial charge in [-0.25, -0.2) is 0 Å². The summed E-state index contributed by atoms with van der Waals surface area (Å²) in [6.07, 6.45) is 0. The maximum atomic E-state index is 10.8. The van der Waals surface area contributed by atoms with E-state index >= 15 is 0 Å². The fraction of sp³-hybridized carbons (Fsp3) is 0.667. The van der Waals surface area contributed by atoms with Crippen molar-refractivity contribution in [1.82, 2.24) is 10.6 Å². The summed E-state index contributed by atoms with van der Waals surface area (Å²) >= 11 is -4.90. The second-order valence-corrected chi connectivity index (χ2v) is 4.39. The van der Waals surface area contributed by atoms with Gasteiger partial charge in [0.05, 0.1) is 11.5 Å². The highest BCUT2D eigenvalue weighted by Gasteiger charge is 2.02. The molecule has 0 radical (unpaired) electrons. The van der Waals surface area contributed by atoms with Crippen molar-refractivity contribution in [2.45, 2.75) is 0 Å². The monoisotopic (exact) mass is 270 g/mol. The Morgan fingerprint density at radius 2 is 1.19 bits per heavy atom. The van der Waals surface area contributed by atoms with Gasteiger partial charge < -0.3 is 19.7 Å². The molecule has 0 aromatic rings. The van der Waals surface area contributed by atoms with Crippen LogP contribution in [0.4, 0.5) is 0 Å². The Labute approximate surface area is 96.7 Å². The first-order valence-corrected chi connectivity index (χ1v) is 6.55. The zero-order valence-electron chi connectivity index (χ0n) is 8.09. The van der Waals surface area contributed by atoms with Gasteiger partial charge in [-0.1, -0.05) is 0 Å². The van der Waals surface area contributed by atoms with Gasteiger partial charge in [-0.2, -0.15) is 0 Å². The molecule has 94 valence electrons. The first-order valence-electron chi connectivity index (χ1n) is 4.07. The molecule has 0 saturated heterocycles. The van der Waals surface area contributed by atoms with Crippen molar-refractivity contribution < 1.29 is 27.1 Å². The highest BCUT2D eigenvalue weighted by atomic mass is 32.2. The van der Waals surface area contributed by atoms with Crippen LogP contribution in [-0.2, 0) is 31.7 Å². The average molecular weight is 270 g/mol. The Bertz CT molecular complexity index is 277. The van der Waals surface area contributed by atoms with Crippen LogP contribution in [0.1, 0.15) is 0 Å². The van der Waals surface area contributed by atoms with Gasteiger partial charge in [-0.15, -0.1) is 0 Å². The SMILES string of the molecule is O=C(CS(=O)[O-])NCCNC(=O)CS(=O)[O-]. The van der Waals surface area contributed by atoms with Crippen LogP contribution in [0.3, 0.4) is 0 Å². The summed E-state index contributed by atoms with van der Waals surface area (Å²) in [5.41, 5.74) is 0. The Hall–Kier alpha value is -0.840. The van der Waals surface area contributed by atoms with Crippen LogP contribution in [0.25, 0.3) is 0 Å². The molecule has 0 bridgehead atoms. The van der Waals surface area contributed by atoms with Crippen LogP contribution in [0.5, 0.6) is 0 Å². The summed E-state index contributed by atoms with van der Waals surface area (Å²) in [5, 5.41) is 4.44. The first kappa shape index (κ1) is 15.2. The number of carbonyl (C=O) groups is 2. The van der Waals surface area contributed by atoms with Crippen LogP contribution in [0, 0.1) is 0 Å². The van der Waals surface area contributed by atoms with E-state index in [1.54, 1.807) is 0 Å². The lowest BCUT2D eigenvalue weighted by Gasteiger charge is -2.08. The van der Waals surface area contributed by atoms with Gasteiger partial charge >= 0.3 is 0 Å². The van der Waals surface area contributed by atoms with Gasteiger partial charge in [-0.3, -0.25) is 18.0 Å². The number of rotatable bonds is 7. The zero-order valence-corrected chi connectivity index (χ0v) is 9.73. The first-order chi connectivity index (χ1) is 7.41. The molecule has 2 amide bonds. The summed E-state index contributed by atoms with van der Waals surface area (Å²) < 4.78 is 40.3. The van der Waals surface area contributed by atoms with Crippen molar-refractivity contribution in [3.8, 4) is 0 Å². The van der Waals surface area contributed by atoms with Crippen LogP contribution in [-0.4, -0.2) is 53.9 Å². The molecule has 0 heterocycles. The predicted molar refractivity (Wildman–Crippen MR) is 53.6 cm³/mol. The molecule has 0 fully saturated rings. The lowest BCUT2D eigenvalue weighted by Crippen LogP contribution is -2.37. The molecule has 8 nitrogen and oxygen atoms in total. The van der Waals surface area contributed by atoms with E-state index in [9.17, 15) is 27.1 Å². The van der Waals surface area contributed by atoms with Gasteiger partial charge in [0, 0.05) is 13.1 Å². The third kappa shape index (κ3) is 9.71. The Morgan fingerprint density at radius 1 is 0.875 bits per heavy atom. The topological polar surface area (TPSA) is 138 Å². The van der Waals surface area contributed by atoms with E-state index in [2.05, 4.69) is 10.6 Å². The molecular formula is C6H10N2O6S2-2. The number of hydrogen-bond donors (Lipinski definition) is 2. The van der Waals surface area contributed by atoms with Crippen molar-refractivity contribution in [1.29, 1.82) is 0 Å². The van der Waals surface area contributed by atoms with Gasteiger partial charge in [0.1, 0.15) is 0 Å². The van der Waals surface area contributed by atoms with Crippen LogP contribution in [0.15, 0.2) is 0 Å². The molecule has 2 atom stereocenters. The molecule has 2 unspecified atom stereocenters. The van der Waals surface area contributed by atoms with Crippen LogP contribution >= 0.6 is 0 Å². The largest absolute Gasteiger partial charge is 0.772 e. The fourth-order valence-electron chi connectivity index (χ4n) is 0.720. The Morgan fingerprint density at radius 3 is 1.44 bits per heavy atom. The Balaban J connectivity index is 3.53. The minimum Gasteiger partial charge on any atom is -0.772 e. The lowest BCUT2D eigenvalue weighted by molar-refractivity contribution is -0.120. The molecule has 0 rings (SSSR count). The highest BCUT2D eigenvalue weighted by molar-refractivity contribution is 7.80. The second-order valence-electron chi connectivity index (χ2n) is 2.60. The minimum absolute atomic E-state index is 0.0350. The van der Waals surface area contributed by atoms with E-state index in [1.165, 1.54) is 0 Å². The number of amides is 2. The van der Waals surface area contributed by atoms with E-state index < -0.39 is 45.5 Å². The predicted octanol–water partition coefficient (Wildman–Crippen LogP) is -3.02. The van der Waals surface area contributed by atoms with E-state index in [1.807, 2.05) is 0 Å². The molecule has 10 heteroatoms. The van der Waals surface area contributed by atoms with Crippen molar-refractivity contribution in [2.24, 2.45) is 0 Å². The van der Waals surface area contributed by atoms with Gasteiger partial charge in [0.25, 0.3) is 0 Å². The van der Waals surface area contributed by atoms with Crippen molar-refractivity contribution in [3.63, 3.8) is 0 Å². The van der Waals surface area contributed by atoms with Crippen molar-refractivity contribution >= 4 is 34.0 Å². The minimum atomic E-state index is -2.45. The van der Waals surface area contributed by atoms with Crippen molar-refractivity contribution in [2.75, 3.05) is 24.6 Å². The lowest BCUT2D eigenvalue weighted by atomic mass is 10.5. The summed E-state index contributed by atoms with van der Waals surface area (Å²) in [5.74, 6) is -2.65. The zero-order chi connectivity index (χ0) is 12.6. The number of hydrogen-bond acceptors (Lipinski definition) is 6. The fourth-order valence-corrected chi connectivity index (χ4v) is 1.35. The molecule has 0 saturated carbocycles. The van der Waals surface area contributed by atoms with E-state index in [0.29, 0.717) is 0 Å². The summed E-state index contributed by atoms with van der Waals surface area (Å²) in [4.78, 5) is 21.5. The van der Waals surface area contributed by atoms with Crippen LogP contribution in [0.2, 0.25) is 0 Å². The molecule has 0 spiro atoms. The third-order valence-corrected chi connectivity index (χ3v) is 2.26. The summed E-state index contributed by atoms with van der Waals surface area (Å²) in [6, 6.07) is 0. The third-order valence-electron chi connectivity index (χ3n) is 1.27. The van der Waals surface area contributed by atoms with E-state index in [4.69, 9.17) is 0 Å². The standard InChI is InChI=1S/C6H12N2O6S2/c9-5(3-15(11)12)7-1-2-8-6(10)4-16(13)14/h1-4H2,(H,7,9)(H,8,10)(H,11,12)(H,13,14)/p-2.